The van der Waals surface area contributed by atoms with Gasteiger partial charge in [0, 0.05) is 18.0 Å². The molecule has 0 aliphatic heterocycles. The van der Waals surface area contributed by atoms with E-state index in [1.165, 1.54) is 56.3 Å². The highest BCUT2D eigenvalue weighted by atomic mass is 32.5. The summed E-state index contributed by atoms with van der Waals surface area (Å²) in [5.74, 6) is 0.360. The third-order valence-electron chi connectivity index (χ3n) is 2.69. The van der Waals surface area contributed by atoms with E-state index < -0.39 is 18.4 Å². The molecule has 2 atom stereocenters. The van der Waals surface area contributed by atoms with Gasteiger partial charge in [0.05, 0.1) is 18.6 Å². The van der Waals surface area contributed by atoms with Crippen LogP contribution in [0.25, 0.3) is 0 Å². The number of rotatable bonds is 10. The first kappa shape index (κ1) is 22.6. The van der Waals surface area contributed by atoms with Crippen LogP contribution in [0, 0.1) is 5.82 Å². The summed E-state index contributed by atoms with van der Waals surface area (Å²) in [6, 6.07) is 5.30. The maximum Gasteiger partial charge on any atom is 0.413 e. The van der Waals surface area contributed by atoms with Gasteiger partial charge in [0.1, 0.15) is 17.3 Å². The van der Waals surface area contributed by atoms with Gasteiger partial charge in [-0.2, -0.15) is 4.76 Å². The SMILES string of the molecule is CCCSC(N)C=NP(=S)(OC(C)=CC(=O)OC)Oc1ccc(F)cc1. The molecule has 26 heavy (non-hydrogen) atoms. The number of carbonyl (C=O) groups excluding carboxylic acids is 1. The molecule has 0 saturated carbocycles. The van der Waals surface area contributed by atoms with E-state index in [4.69, 9.17) is 26.6 Å². The van der Waals surface area contributed by atoms with Crippen LogP contribution >= 0.6 is 18.4 Å². The number of ether oxygens (including phenoxy) is 1. The number of halogens is 1. The average molecular weight is 420 g/mol. The minimum absolute atomic E-state index is 0.189. The van der Waals surface area contributed by atoms with Crippen molar-refractivity contribution in [1.29, 1.82) is 0 Å². The molecule has 1 rings (SSSR count). The second kappa shape index (κ2) is 11.3. The second-order valence-electron chi connectivity index (χ2n) is 4.98. The van der Waals surface area contributed by atoms with Gasteiger partial charge in [0.15, 0.2) is 0 Å². The van der Waals surface area contributed by atoms with Gasteiger partial charge >= 0.3 is 12.6 Å². The van der Waals surface area contributed by atoms with Gasteiger partial charge in [-0.05, 0) is 43.4 Å². The lowest BCUT2D eigenvalue weighted by Gasteiger charge is -2.20. The Kier molecular flexibility index (Phi) is 9.87. The summed E-state index contributed by atoms with van der Waals surface area (Å²) >= 11 is 6.94. The third kappa shape index (κ3) is 8.80. The van der Waals surface area contributed by atoms with Crippen molar-refractivity contribution in [2.75, 3.05) is 12.9 Å². The number of benzene rings is 1. The van der Waals surface area contributed by atoms with E-state index in [-0.39, 0.29) is 11.1 Å². The quantitative estimate of drug-likeness (QED) is 0.153. The van der Waals surface area contributed by atoms with Crippen LogP contribution in [0.3, 0.4) is 0 Å². The van der Waals surface area contributed by atoms with Crippen molar-refractivity contribution >= 4 is 42.4 Å². The predicted molar refractivity (Wildman–Crippen MR) is 107 cm³/mol. The molecule has 0 spiro atoms. The van der Waals surface area contributed by atoms with E-state index in [0.717, 1.165) is 18.2 Å². The number of methoxy groups -OCH3 is 1. The van der Waals surface area contributed by atoms with Crippen LogP contribution in [0.1, 0.15) is 20.3 Å². The minimum Gasteiger partial charge on any atom is -0.466 e. The van der Waals surface area contributed by atoms with E-state index in [9.17, 15) is 9.18 Å². The fraction of sp³-hybridized carbons (Fsp3) is 0.375. The van der Waals surface area contributed by atoms with Gasteiger partial charge in [0.25, 0.3) is 0 Å². The number of nitrogens with zero attached hydrogens (tertiary/aromatic N) is 1. The number of hydrogen-bond acceptors (Lipinski definition) is 7. The fourth-order valence-corrected chi connectivity index (χ4v) is 4.33. The molecule has 2 unspecified atom stereocenters. The van der Waals surface area contributed by atoms with Gasteiger partial charge in [-0.3, -0.25) is 0 Å². The summed E-state index contributed by atoms with van der Waals surface area (Å²) in [6.45, 7) is 0.325. The van der Waals surface area contributed by atoms with Crippen LogP contribution < -0.4 is 10.3 Å². The first-order valence-corrected chi connectivity index (χ1v) is 11.4. The molecule has 0 bridgehead atoms. The Morgan fingerprint density at radius 2 is 2.12 bits per heavy atom. The zero-order chi connectivity index (χ0) is 19.6. The lowest BCUT2D eigenvalue weighted by Crippen LogP contribution is -2.17. The summed E-state index contributed by atoms with van der Waals surface area (Å²) in [7, 11) is 1.25. The van der Waals surface area contributed by atoms with E-state index in [0.29, 0.717) is 5.75 Å². The largest absolute Gasteiger partial charge is 0.466 e. The summed E-state index contributed by atoms with van der Waals surface area (Å²) in [5, 5.41) is -0.373. The van der Waals surface area contributed by atoms with Crippen LogP contribution in [-0.2, 0) is 25.9 Å². The normalized spacial score (nSPS) is 15.3. The Morgan fingerprint density at radius 3 is 2.69 bits per heavy atom. The molecule has 0 fully saturated rings. The summed E-state index contributed by atoms with van der Waals surface area (Å²) in [6.07, 6.45) is 3.58. The Hall–Kier alpha value is -1.41. The van der Waals surface area contributed by atoms with Crippen molar-refractivity contribution in [1.82, 2.24) is 0 Å². The second-order valence-corrected chi connectivity index (χ2v) is 9.19. The van der Waals surface area contributed by atoms with Gasteiger partial charge in [-0.15, -0.1) is 11.8 Å². The summed E-state index contributed by atoms with van der Waals surface area (Å²) in [5.41, 5.74) is 5.95. The molecule has 0 saturated heterocycles. The zero-order valence-electron chi connectivity index (χ0n) is 14.8. The predicted octanol–water partition coefficient (Wildman–Crippen LogP) is 4.02. The van der Waals surface area contributed by atoms with Crippen molar-refractivity contribution in [3.05, 3.63) is 41.9 Å². The van der Waals surface area contributed by atoms with Crippen molar-refractivity contribution in [2.45, 2.75) is 25.6 Å². The van der Waals surface area contributed by atoms with E-state index >= 15 is 0 Å². The van der Waals surface area contributed by atoms with Crippen LogP contribution in [0.4, 0.5) is 4.39 Å². The van der Waals surface area contributed by atoms with E-state index in [1.807, 2.05) is 6.92 Å². The highest BCUT2D eigenvalue weighted by Gasteiger charge is 2.22. The number of allylic oxidation sites excluding steroid dienone is 1. The lowest BCUT2D eigenvalue weighted by atomic mass is 10.3. The molecule has 0 amide bonds. The lowest BCUT2D eigenvalue weighted by molar-refractivity contribution is -0.135. The zero-order valence-corrected chi connectivity index (χ0v) is 17.3. The number of thioether (sulfide) groups is 1. The topological polar surface area (TPSA) is 83.1 Å². The van der Waals surface area contributed by atoms with Crippen molar-refractivity contribution in [3.8, 4) is 5.75 Å². The molecule has 0 heterocycles. The molecular weight excluding hydrogens is 398 g/mol. The molecule has 0 radical (unpaired) electrons. The van der Waals surface area contributed by atoms with Gasteiger partial charge in [-0.1, -0.05) is 6.92 Å². The molecule has 1 aromatic carbocycles. The molecule has 6 nitrogen and oxygen atoms in total. The minimum atomic E-state index is -3.25. The van der Waals surface area contributed by atoms with Crippen LogP contribution in [0.2, 0.25) is 0 Å². The monoisotopic (exact) mass is 420 g/mol. The Balaban J connectivity index is 3.00. The maximum atomic E-state index is 13.1. The highest BCUT2D eigenvalue weighted by Crippen LogP contribution is 2.52. The third-order valence-corrected chi connectivity index (χ3v) is 5.94. The molecule has 1 aromatic rings. The van der Waals surface area contributed by atoms with Crippen molar-refractivity contribution < 1.29 is 23.0 Å². The molecule has 144 valence electrons. The van der Waals surface area contributed by atoms with Gasteiger partial charge < -0.3 is 19.5 Å². The number of nitrogens with two attached hydrogens (primary N) is 1. The first-order valence-electron chi connectivity index (χ1n) is 7.72. The van der Waals surface area contributed by atoms with Gasteiger partial charge in [0.2, 0.25) is 0 Å². The van der Waals surface area contributed by atoms with Crippen LogP contribution in [0.15, 0.2) is 40.9 Å². The first-order chi connectivity index (χ1) is 12.3. The van der Waals surface area contributed by atoms with Crippen molar-refractivity contribution in [3.63, 3.8) is 0 Å². The van der Waals surface area contributed by atoms with E-state index in [2.05, 4.69) is 9.50 Å². The fourth-order valence-electron chi connectivity index (χ4n) is 1.57. The summed E-state index contributed by atoms with van der Waals surface area (Å²) in [4.78, 5) is 11.3. The molecule has 0 aliphatic rings. The standard InChI is InChI=1S/C16H22FN2O4PS2/c1-4-9-26-15(18)11-19-24(25,22-12(2)10-16(20)21-3)23-14-7-5-13(17)6-8-14/h5-8,10-11,15H,4,9,18H2,1-3H3. The number of esters is 1. The van der Waals surface area contributed by atoms with Gasteiger partial charge in [-0.25, -0.2) is 9.18 Å². The average Bonchev–Trinajstić information content (AvgIpc) is 2.60. The molecular formula is C16H22FN2O4PS2. The Labute approximate surface area is 162 Å². The van der Waals surface area contributed by atoms with Crippen LogP contribution in [0.5, 0.6) is 5.75 Å². The molecule has 2 N–H and O–H groups in total. The van der Waals surface area contributed by atoms with E-state index in [1.54, 1.807) is 0 Å². The summed E-state index contributed by atoms with van der Waals surface area (Å²) < 4.78 is 33.1. The number of hydrogen-bond donors (Lipinski definition) is 1. The number of carbonyl (C=O) groups is 1. The maximum absolute atomic E-state index is 13.1. The Morgan fingerprint density at radius 1 is 1.46 bits per heavy atom. The van der Waals surface area contributed by atoms with Crippen molar-refractivity contribution in [2.24, 2.45) is 10.5 Å². The smallest absolute Gasteiger partial charge is 0.413 e. The molecule has 0 aromatic heterocycles. The highest BCUT2D eigenvalue weighted by molar-refractivity contribution is 8.09. The molecule has 0 aliphatic carbocycles. The Bertz CT molecular complexity index is 698. The molecule has 10 heteroatoms. The van der Waals surface area contributed by atoms with Crippen LogP contribution in [-0.4, -0.2) is 30.4 Å².